The van der Waals surface area contributed by atoms with Gasteiger partial charge in [-0.25, -0.2) is 4.39 Å². The number of hydrogen-bond acceptors (Lipinski definition) is 4. The van der Waals surface area contributed by atoms with Crippen molar-refractivity contribution in [3.05, 3.63) is 107 Å². The molecule has 0 radical (unpaired) electrons. The molecule has 1 aliphatic rings. The van der Waals surface area contributed by atoms with Gasteiger partial charge in [0.25, 0.3) is 11.1 Å². The number of hydrogen-bond donors (Lipinski definition) is 1. The maximum Gasteiger partial charge on any atom is 0.294 e. The lowest BCUT2D eigenvalue weighted by Gasteiger charge is -2.12. The van der Waals surface area contributed by atoms with Crippen molar-refractivity contribution < 1.29 is 18.8 Å². The molecule has 5 rings (SSSR count). The summed E-state index contributed by atoms with van der Waals surface area (Å²) in [6, 6.07) is 23.3. The molecule has 1 aromatic heterocycles. The van der Waals surface area contributed by atoms with Gasteiger partial charge in [-0.1, -0.05) is 54.6 Å². The first-order valence-corrected chi connectivity index (χ1v) is 11.7. The van der Waals surface area contributed by atoms with Crippen molar-refractivity contribution >= 4 is 51.5 Å². The molecular weight excluding hydrogens is 465 g/mol. The van der Waals surface area contributed by atoms with Gasteiger partial charge in [0.2, 0.25) is 5.91 Å². The molecule has 0 unspecified atom stereocenters. The van der Waals surface area contributed by atoms with E-state index in [0.717, 1.165) is 44.8 Å². The Labute approximate surface area is 205 Å². The number of carbonyl (C=O) groups is 3. The van der Waals surface area contributed by atoms with E-state index in [1.165, 1.54) is 18.2 Å². The van der Waals surface area contributed by atoms with Crippen LogP contribution < -0.4 is 5.32 Å². The number of nitrogens with one attached hydrogen (secondary N) is 1. The zero-order valence-electron chi connectivity index (χ0n) is 18.5. The zero-order valence-corrected chi connectivity index (χ0v) is 19.3. The van der Waals surface area contributed by atoms with Crippen molar-refractivity contribution in [1.29, 1.82) is 0 Å². The number of imide groups is 1. The van der Waals surface area contributed by atoms with Gasteiger partial charge in [-0.2, -0.15) is 0 Å². The van der Waals surface area contributed by atoms with Crippen LogP contribution in [-0.2, 0) is 16.1 Å². The van der Waals surface area contributed by atoms with Gasteiger partial charge < -0.3 is 9.88 Å². The van der Waals surface area contributed by atoms with Gasteiger partial charge in [0.15, 0.2) is 0 Å². The average Bonchev–Trinajstić information content (AvgIpc) is 3.32. The lowest BCUT2D eigenvalue weighted by molar-refractivity contribution is -0.127. The number of rotatable bonds is 6. The summed E-state index contributed by atoms with van der Waals surface area (Å²) in [5, 5.41) is 2.94. The summed E-state index contributed by atoms with van der Waals surface area (Å²) in [6.07, 6.45) is 3.65. The third-order valence-corrected chi connectivity index (χ3v) is 6.49. The quantitative estimate of drug-likeness (QED) is 0.366. The van der Waals surface area contributed by atoms with Crippen molar-refractivity contribution in [3.8, 4) is 0 Å². The first-order valence-electron chi connectivity index (χ1n) is 10.9. The number of fused-ring (bicyclic) bond motifs is 1. The van der Waals surface area contributed by atoms with Crippen molar-refractivity contribution in [2.24, 2.45) is 0 Å². The van der Waals surface area contributed by atoms with Gasteiger partial charge in [0.05, 0.1) is 4.91 Å². The molecule has 0 aliphatic carbocycles. The Hall–Kier alpha value is -4.17. The molecule has 1 aliphatic heterocycles. The van der Waals surface area contributed by atoms with E-state index in [4.69, 9.17) is 0 Å². The maximum absolute atomic E-state index is 13.4. The number of aromatic nitrogens is 1. The van der Waals surface area contributed by atoms with E-state index >= 15 is 0 Å². The van der Waals surface area contributed by atoms with Gasteiger partial charge in [-0.15, -0.1) is 0 Å². The van der Waals surface area contributed by atoms with Gasteiger partial charge in [-0.3, -0.25) is 19.3 Å². The summed E-state index contributed by atoms with van der Waals surface area (Å²) in [5.41, 5.74) is 3.22. The Kier molecular flexibility index (Phi) is 6.20. The number of nitrogens with zero attached hydrogens (tertiary/aromatic N) is 2. The molecule has 6 nitrogen and oxygen atoms in total. The highest BCUT2D eigenvalue weighted by Gasteiger charge is 2.36. The Balaban J connectivity index is 1.37. The fourth-order valence-corrected chi connectivity index (χ4v) is 4.82. The molecule has 0 spiro atoms. The van der Waals surface area contributed by atoms with Crippen LogP contribution >= 0.6 is 11.8 Å². The van der Waals surface area contributed by atoms with E-state index in [0.29, 0.717) is 6.54 Å². The van der Waals surface area contributed by atoms with Gasteiger partial charge in [-0.05, 0) is 47.7 Å². The summed E-state index contributed by atoms with van der Waals surface area (Å²) in [5.74, 6) is -1.61. The second-order valence-corrected chi connectivity index (χ2v) is 9.03. The lowest BCUT2D eigenvalue weighted by atomic mass is 10.1. The molecule has 0 saturated carbocycles. The Bertz CT molecular complexity index is 1480. The molecular formula is C27H20FN3O3S. The molecule has 35 heavy (non-hydrogen) atoms. The van der Waals surface area contributed by atoms with Crippen molar-refractivity contribution in [2.45, 2.75) is 6.54 Å². The van der Waals surface area contributed by atoms with Gasteiger partial charge in [0, 0.05) is 34.9 Å². The molecule has 0 bridgehead atoms. The Morgan fingerprint density at radius 1 is 0.971 bits per heavy atom. The van der Waals surface area contributed by atoms with Crippen molar-refractivity contribution in [3.63, 3.8) is 0 Å². The molecule has 174 valence electrons. The summed E-state index contributed by atoms with van der Waals surface area (Å²) >= 11 is 0.798. The van der Waals surface area contributed by atoms with E-state index in [9.17, 15) is 18.8 Å². The number of para-hydroxylation sites is 1. The van der Waals surface area contributed by atoms with E-state index in [2.05, 4.69) is 22.0 Å². The molecule has 4 aromatic rings. The monoisotopic (exact) mass is 485 g/mol. The maximum atomic E-state index is 13.4. The molecule has 3 amide bonds. The number of amides is 3. The normalized spacial score (nSPS) is 14.8. The Morgan fingerprint density at radius 2 is 1.74 bits per heavy atom. The van der Waals surface area contributed by atoms with E-state index < -0.39 is 29.4 Å². The predicted octanol–water partition coefficient (Wildman–Crippen LogP) is 5.50. The molecule has 1 fully saturated rings. The van der Waals surface area contributed by atoms with Crippen LogP contribution in [0.1, 0.15) is 11.1 Å². The highest BCUT2D eigenvalue weighted by atomic mass is 32.2. The van der Waals surface area contributed by atoms with Crippen LogP contribution in [0.5, 0.6) is 0 Å². The lowest BCUT2D eigenvalue weighted by Crippen LogP contribution is -2.36. The number of halogens is 1. The smallest absolute Gasteiger partial charge is 0.294 e. The summed E-state index contributed by atoms with van der Waals surface area (Å²) in [6.45, 7) is 0.214. The van der Waals surface area contributed by atoms with Crippen LogP contribution in [0.3, 0.4) is 0 Å². The van der Waals surface area contributed by atoms with Crippen LogP contribution in [0, 0.1) is 5.82 Å². The summed E-state index contributed by atoms with van der Waals surface area (Å²) < 4.78 is 15.5. The topological polar surface area (TPSA) is 71.4 Å². The number of benzene rings is 3. The fraction of sp³-hybridized carbons (Fsp3) is 0.0741. The summed E-state index contributed by atoms with van der Waals surface area (Å²) in [7, 11) is 0. The van der Waals surface area contributed by atoms with Crippen LogP contribution in [0.25, 0.3) is 17.0 Å². The predicted molar refractivity (Wildman–Crippen MR) is 135 cm³/mol. The second kappa shape index (κ2) is 9.60. The first kappa shape index (κ1) is 22.6. The van der Waals surface area contributed by atoms with E-state index in [1.54, 1.807) is 6.08 Å². The van der Waals surface area contributed by atoms with Crippen LogP contribution in [0.15, 0.2) is 90.0 Å². The highest BCUT2D eigenvalue weighted by Crippen LogP contribution is 2.34. The van der Waals surface area contributed by atoms with Gasteiger partial charge >= 0.3 is 0 Å². The largest absolute Gasteiger partial charge is 0.342 e. The molecule has 0 atom stereocenters. The first-order chi connectivity index (χ1) is 17.0. The minimum atomic E-state index is -0.585. The number of carbonyl (C=O) groups excluding carboxylic acids is 3. The Morgan fingerprint density at radius 3 is 2.54 bits per heavy atom. The summed E-state index contributed by atoms with van der Waals surface area (Å²) in [4.78, 5) is 39.0. The van der Waals surface area contributed by atoms with Crippen LogP contribution in [-0.4, -0.2) is 33.1 Å². The van der Waals surface area contributed by atoms with Crippen molar-refractivity contribution in [1.82, 2.24) is 9.47 Å². The molecule has 3 aromatic carbocycles. The second-order valence-electron chi connectivity index (χ2n) is 8.04. The number of anilines is 1. The van der Waals surface area contributed by atoms with E-state index in [1.807, 2.05) is 48.7 Å². The molecule has 8 heteroatoms. The molecule has 2 heterocycles. The van der Waals surface area contributed by atoms with Crippen LogP contribution in [0.2, 0.25) is 0 Å². The highest BCUT2D eigenvalue weighted by molar-refractivity contribution is 8.18. The van der Waals surface area contributed by atoms with Gasteiger partial charge in [0.1, 0.15) is 12.4 Å². The van der Waals surface area contributed by atoms with Crippen molar-refractivity contribution in [2.75, 3.05) is 11.9 Å². The zero-order chi connectivity index (χ0) is 24.4. The van der Waals surface area contributed by atoms with Crippen LogP contribution in [0.4, 0.5) is 14.9 Å². The minimum Gasteiger partial charge on any atom is -0.342 e. The third-order valence-electron chi connectivity index (χ3n) is 5.59. The number of thioether (sulfide) groups is 1. The van der Waals surface area contributed by atoms with E-state index in [-0.39, 0.29) is 10.6 Å². The molecule has 1 saturated heterocycles. The standard InChI is InChI=1S/C27H20FN3O3S/c28-20-9-6-10-21(14-20)29-25(32)17-31-26(33)24(35-27(31)34)13-19-16-30(15-18-7-2-1-3-8-18)23-12-5-4-11-22(19)23/h1-14,16H,15,17H2,(H,29,32)/b24-13+. The SMILES string of the molecule is O=C(CN1C(=O)S/C(=C/c2cn(Cc3ccccc3)c3ccccc23)C1=O)Nc1cccc(F)c1. The molecule has 1 N–H and O–H groups in total. The fourth-order valence-electron chi connectivity index (χ4n) is 3.99. The third kappa shape index (κ3) is 4.88. The minimum absolute atomic E-state index is 0.246. The average molecular weight is 486 g/mol.